The SMILES string of the molecule is O=C(O)Cc1cccc(NC(=O)c2cncc(Br)c2)c1. The molecule has 102 valence electrons. The smallest absolute Gasteiger partial charge is 0.307 e. The number of carbonyl (C=O) groups excluding carboxylic acids is 1. The lowest BCUT2D eigenvalue weighted by Gasteiger charge is -2.06. The third-order valence-corrected chi connectivity index (χ3v) is 2.94. The van der Waals surface area contributed by atoms with Gasteiger partial charge in [-0.15, -0.1) is 0 Å². The van der Waals surface area contributed by atoms with Gasteiger partial charge in [-0.3, -0.25) is 14.6 Å². The summed E-state index contributed by atoms with van der Waals surface area (Å²) in [5, 5.41) is 11.5. The van der Waals surface area contributed by atoms with Crippen molar-refractivity contribution >= 4 is 33.5 Å². The number of nitrogens with one attached hydrogen (secondary N) is 1. The highest BCUT2D eigenvalue weighted by Gasteiger charge is 2.08. The largest absolute Gasteiger partial charge is 0.481 e. The first-order chi connectivity index (χ1) is 9.54. The van der Waals surface area contributed by atoms with E-state index in [0.29, 0.717) is 21.3 Å². The van der Waals surface area contributed by atoms with E-state index in [1.807, 2.05) is 0 Å². The lowest BCUT2D eigenvalue weighted by atomic mass is 10.1. The van der Waals surface area contributed by atoms with Crippen LogP contribution in [-0.4, -0.2) is 22.0 Å². The van der Waals surface area contributed by atoms with Crippen molar-refractivity contribution in [1.82, 2.24) is 4.98 Å². The standard InChI is InChI=1S/C14H11BrN2O3/c15-11-6-10(7-16-8-11)14(20)17-12-3-1-2-9(4-12)5-13(18)19/h1-4,6-8H,5H2,(H,17,20)(H,18,19). The van der Waals surface area contributed by atoms with E-state index in [-0.39, 0.29) is 12.3 Å². The first-order valence-electron chi connectivity index (χ1n) is 5.77. The number of amides is 1. The van der Waals surface area contributed by atoms with Crippen LogP contribution in [0.2, 0.25) is 0 Å². The van der Waals surface area contributed by atoms with Crippen LogP contribution in [0.4, 0.5) is 5.69 Å². The van der Waals surface area contributed by atoms with E-state index in [4.69, 9.17) is 5.11 Å². The summed E-state index contributed by atoms with van der Waals surface area (Å²) in [5.74, 6) is -1.21. The van der Waals surface area contributed by atoms with Crippen LogP contribution in [0.3, 0.4) is 0 Å². The van der Waals surface area contributed by atoms with Gasteiger partial charge in [-0.05, 0) is 39.7 Å². The van der Waals surface area contributed by atoms with Crippen molar-refractivity contribution < 1.29 is 14.7 Å². The molecular weight excluding hydrogens is 324 g/mol. The average molecular weight is 335 g/mol. The van der Waals surface area contributed by atoms with Crippen molar-refractivity contribution in [3.05, 3.63) is 58.3 Å². The Balaban J connectivity index is 2.13. The highest BCUT2D eigenvalue weighted by Crippen LogP contribution is 2.14. The van der Waals surface area contributed by atoms with Gasteiger partial charge in [0.25, 0.3) is 5.91 Å². The first kappa shape index (κ1) is 14.2. The number of hydrogen-bond acceptors (Lipinski definition) is 3. The molecule has 0 unspecified atom stereocenters. The predicted octanol–water partition coefficient (Wildman–Crippen LogP) is 2.72. The molecule has 2 rings (SSSR count). The topological polar surface area (TPSA) is 79.3 Å². The molecule has 0 aliphatic carbocycles. The quantitative estimate of drug-likeness (QED) is 0.900. The highest BCUT2D eigenvalue weighted by molar-refractivity contribution is 9.10. The molecule has 2 aromatic rings. The Bertz CT molecular complexity index is 658. The second-order valence-electron chi connectivity index (χ2n) is 4.12. The number of carboxylic acid groups (broad SMARTS) is 1. The van der Waals surface area contributed by atoms with Gasteiger partial charge >= 0.3 is 5.97 Å². The number of rotatable bonds is 4. The molecule has 0 atom stereocenters. The molecular formula is C14H11BrN2O3. The Morgan fingerprint density at radius 1 is 1.25 bits per heavy atom. The monoisotopic (exact) mass is 334 g/mol. The summed E-state index contributed by atoms with van der Waals surface area (Å²) in [6.07, 6.45) is 2.97. The molecule has 5 nitrogen and oxygen atoms in total. The second-order valence-corrected chi connectivity index (χ2v) is 5.03. The van der Waals surface area contributed by atoms with Crippen molar-refractivity contribution in [2.45, 2.75) is 6.42 Å². The van der Waals surface area contributed by atoms with Gasteiger partial charge < -0.3 is 10.4 Å². The van der Waals surface area contributed by atoms with Gasteiger partial charge in [0.05, 0.1) is 12.0 Å². The number of pyridine rings is 1. The van der Waals surface area contributed by atoms with E-state index >= 15 is 0 Å². The summed E-state index contributed by atoms with van der Waals surface area (Å²) in [6.45, 7) is 0. The lowest BCUT2D eigenvalue weighted by Crippen LogP contribution is -2.12. The van der Waals surface area contributed by atoms with Gasteiger partial charge in [-0.2, -0.15) is 0 Å². The van der Waals surface area contributed by atoms with Gasteiger partial charge in [0.1, 0.15) is 0 Å². The van der Waals surface area contributed by atoms with Gasteiger partial charge in [0.15, 0.2) is 0 Å². The second kappa shape index (κ2) is 6.29. The molecule has 0 fully saturated rings. The molecule has 0 saturated carbocycles. The van der Waals surface area contributed by atoms with E-state index in [0.717, 1.165) is 0 Å². The number of hydrogen-bond donors (Lipinski definition) is 2. The molecule has 1 amide bonds. The molecule has 0 aliphatic rings. The van der Waals surface area contributed by atoms with Crippen LogP contribution in [-0.2, 0) is 11.2 Å². The lowest BCUT2D eigenvalue weighted by molar-refractivity contribution is -0.136. The summed E-state index contributed by atoms with van der Waals surface area (Å²) in [5.41, 5.74) is 1.60. The maximum atomic E-state index is 12.0. The Kier molecular flexibility index (Phi) is 4.47. The molecule has 0 aliphatic heterocycles. The van der Waals surface area contributed by atoms with Crippen molar-refractivity contribution in [3.63, 3.8) is 0 Å². The number of carboxylic acids is 1. The van der Waals surface area contributed by atoms with Crippen LogP contribution in [0, 0.1) is 0 Å². The minimum atomic E-state index is -0.912. The fourth-order valence-electron chi connectivity index (χ4n) is 1.67. The zero-order chi connectivity index (χ0) is 14.5. The number of benzene rings is 1. The Morgan fingerprint density at radius 2 is 2.05 bits per heavy atom. The van der Waals surface area contributed by atoms with Gasteiger partial charge in [0, 0.05) is 22.6 Å². The van der Waals surface area contributed by atoms with E-state index in [9.17, 15) is 9.59 Å². The van der Waals surface area contributed by atoms with E-state index in [2.05, 4.69) is 26.2 Å². The number of aliphatic carboxylic acids is 1. The summed E-state index contributed by atoms with van der Waals surface area (Å²) in [4.78, 5) is 26.6. The number of anilines is 1. The summed E-state index contributed by atoms with van der Waals surface area (Å²) in [7, 11) is 0. The molecule has 1 heterocycles. The van der Waals surface area contributed by atoms with Gasteiger partial charge in [0.2, 0.25) is 0 Å². The predicted molar refractivity (Wildman–Crippen MR) is 77.7 cm³/mol. The van der Waals surface area contributed by atoms with Gasteiger partial charge in [-0.25, -0.2) is 0 Å². The van der Waals surface area contributed by atoms with E-state index < -0.39 is 5.97 Å². The van der Waals surface area contributed by atoms with E-state index in [1.54, 1.807) is 36.5 Å². The molecule has 6 heteroatoms. The normalized spacial score (nSPS) is 10.1. The first-order valence-corrected chi connectivity index (χ1v) is 6.56. The summed E-state index contributed by atoms with van der Waals surface area (Å²) >= 11 is 3.25. The molecule has 0 bridgehead atoms. The minimum absolute atomic E-state index is 0.0812. The van der Waals surface area contributed by atoms with Crippen molar-refractivity contribution in [2.75, 3.05) is 5.32 Å². The number of aromatic nitrogens is 1. The number of carbonyl (C=O) groups is 2. The molecule has 0 spiro atoms. The summed E-state index contributed by atoms with van der Waals surface area (Å²) < 4.78 is 0.713. The van der Waals surface area contributed by atoms with Crippen molar-refractivity contribution in [3.8, 4) is 0 Å². The van der Waals surface area contributed by atoms with Crippen molar-refractivity contribution in [2.24, 2.45) is 0 Å². The van der Waals surface area contributed by atoms with Crippen LogP contribution in [0.15, 0.2) is 47.2 Å². The molecule has 20 heavy (non-hydrogen) atoms. The zero-order valence-electron chi connectivity index (χ0n) is 10.3. The Labute approximate surface area is 123 Å². The average Bonchev–Trinajstić information content (AvgIpc) is 2.38. The molecule has 0 saturated heterocycles. The third-order valence-electron chi connectivity index (χ3n) is 2.51. The van der Waals surface area contributed by atoms with Crippen molar-refractivity contribution in [1.29, 1.82) is 0 Å². The van der Waals surface area contributed by atoms with Crippen LogP contribution < -0.4 is 5.32 Å². The van der Waals surface area contributed by atoms with E-state index in [1.165, 1.54) is 6.20 Å². The fraction of sp³-hybridized carbons (Fsp3) is 0.0714. The van der Waals surface area contributed by atoms with Crippen LogP contribution in [0.5, 0.6) is 0 Å². The maximum Gasteiger partial charge on any atom is 0.307 e. The third kappa shape index (κ3) is 3.89. The molecule has 1 aromatic heterocycles. The Hall–Kier alpha value is -2.21. The molecule has 2 N–H and O–H groups in total. The summed E-state index contributed by atoms with van der Waals surface area (Å²) in [6, 6.07) is 8.40. The minimum Gasteiger partial charge on any atom is -0.481 e. The highest BCUT2D eigenvalue weighted by atomic mass is 79.9. The van der Waals surface area contributed by atoms with Crippen LogP contribution in [0.25, 0.3) is 0 Å². The van der Waals surface area contributed by atoms with Crippen LogP contribution in [0.1, 0.15) is 15.9 Å². The fourth-order valence-corrected chi connectivity index (χ4v) is 2.04. The number of halogens is 1. The van der Waals surface area contributed by atoms with Gasteiger partial charge in [-0.1, -0.05) is 12.1 Å². The molecule has 1 aromatic carbocycles. The number of nitrogens with zero attached hydrogens (tertiary/aromatic N) is 1. The zero-order valence-corrected chi connectivity index (χ0v) is 11.9. The van der Waals surface area contributed by atoms with Crippen LogP contribution >= 0.6 is 15.9 Å². The maximum absolute atomic E-state index is 12.0. The Morgan fingerprint density at radius 3 is 2.75 bits per heavy atom. The molecule has 0 radical (unpaired) electrons.